The number of ether oxygens (including phenoxy) is 2. The molecule has 2 unspecified atom stereocenters. The highest BCUT2D eigenvalue weighted by atomic mass is 16.5. The number of nitrogens with zero attached hydrogens (tertiary/aromatic N) is 1. The lowest BCUT2D eigenvalue weighted by Gasteiger charge is -2.29. The fourth-order valence-corrected chi connectivity index (χ4v) is 1.59. The van der Waals surface area contributed by atoms with E-state index in [1.54, 1.807) is 7.11 Å². The second kappa shape index (κ2) is 8.53. The lowest BCUT2D eigenvalue weighted by atomic mass is 10.1. The van der Waals surface area contributed by atoms with Gasteiger partial charge in [0.15, 0.2) is 0 Å². The number of carbonyl (C=O) groups is 1. The molecule has 0 aliphatic heterocycles. The van der Waals surface area contributed by atoms with Crippen LogP contribution in [0.3, 0.4) is 0 Å². The molecule has 0 N–H and O–H groups in total. The molecular weight excluding hydrogens is 206 g/mol. The molecule has 0 aliphatic rings. The van der Waals surface area contributed by atoms with Gasteiger partial charge in [0.2, 0.25) is 0 Å². The molecule has 0 aliphatic carbocycles. The first-order valence-electron chi connectivity index (χ1n) is 5.87. The molecule has 0 saturated heterocycles. The van der Waals surface area contributed by atoms with E-state index in [2.05, 4.69) is 18.7 Å². The number of rotatable bonds is 8. The number of carbonyl (C=O) groups excluding carboxylic acids is 1. The molecule has 0 aromatic heterocycles. The molecule has 0 fully saturated rings. The minimum Gasteiger partial charge on any atom is -0.469 e. The summed E-state index contributed by atoms with van der Waals surface area (Å²) < 4.78 is 9.81. The van der Waals surface area contributed by atoms with Crippen molar-refractivity contribution in [1.82, 2.24) is 4.90 Å². The molecule has 0 bridgehead atoms. The Hall–Kier alpha value is -0.610. The van der Waals surface area contributed by atoms with E-state index in [1.165, 1.54) is 7.11 Å². The Balaban J connectivity index is 4.23. The summed E-state index contributed by atoms with van der Waals surface area (Å²) in [5.74, 6) is -0.235. The van der Waals surface area contributed by atoms with Gasteiger partial charge in [-0.05, 0) is 13.3 Å². The maximum Gasteiger partial charge on any atom is 0.309 e. The highest BCUT2D eigenvalue weighted by molar-refractivity contribution is 5.72. The molecule has 0 rings (SSSR count). The lowest BCUT2D eigenvalue weighted by Crippen LogP contribution is -2.40. The van der Waals surface area contributed by atoms with E-state index >= 15 is 0 Å². The Morgan fingerprint density at radius 1 is 1.31 bits per heavy atom. The highest BCUT2D eigenvalue weighted by Gasteiger charge is 2.20. The van der Waals surface area contributed by atoms with Gasteiger partial charge in [0.25, 0.3) is 0 Å². The second-order valence-corrected chi connectivity index (χ2v) is 4.17. The van der Waals surface area contributed by atoms with E-state index in [0.29, 0.717) is 12.6 Å². The SMILES string of the molecule is CCC(C)N(CCOC)CC(C)C(=O)OC. The van der Waals surface area contributed by atoms with Crippen LogP contribution < -0.4 is 0 Å². The largest absolute Gasteiger partial charge is 0.469 e. The average molecular weight is 231 g/mol. The van der Waals surface area contributed by atoms with Crippen LogP contribution in [0.25, 0.3) is 0 Å². The third-order valence-corrected chi connectivity index (χ3v) is 2.91. The first-order valence-corrected chi connectivity index (χ1v) is 5.87. The molecule has 0 aromatic rings. The molecule has 4 heteroatoms. The summed E-state index contributed by atoms with van der Waals surface area (Å²) in [7, 11) is 3.13. The fraction of sp³-hybridized carbons (Fsp3) is 0.917. The van der Waals surface area contributed by atoms with Crippen molar-refractivity contribution in [1.29, 1.82) is 0 Å². The number of methoxy groups -OCH3 is 2. The van der Waals surface area contributed by atoms with Crippen molar-refractivity contribution in [3.63, 3.8) is 0 Å². The zero-order valence-electron chi connectivity index (χ0n) is 11.2. The second-order valence-electron chi connectivity index (χ2n) is 4.17. The predicted molar refractivity (Wildman–Crippen MR) is 64.4 cm³/mol. The third-order valence-electron chi connectivity index (χ3n) is 2.91. The van der Waals surface area contributed by atoms with Crippen LogP contribution in [-0.2, 0) is 14.3 Å². The van der Waals surface area contributed by atoms with Gasteiger partial charge >= 0.3 is 5.97 Å². The predicted octanol–water partition coefficient (Wildman–Crippen LogP) is 1.54. The average Bonchev–Trinajstić information content (AvgIpc) is 2.31. The molecular formula is C12H25NO3. The lowest BCUT2D eigenvalue weighted by molar-refractivity contribution is -0.145. The quantitative estimate of drug-likeness (QED) is 0.594. The van der Waals surface area contributed by atoms with E-state index in [0.717, 1.165) is 19.5 Å². The fourth-order valence-electron chi connectivity index (χ4n) is 1.59. The van der Waals surface area contributed by atoms with Crippen molar-refractivity contribution in [2.24, 2.45) is 5.92 Å². The van der Waals surface area contributed by atoms with Crippen LogP contribution >= 0.6 is 0 Å². The van der Waals surface area contributed by atoms with E-state index < -0.39 is 0 Å². The Labute approximate surface area is 98.9 Å². The number of hydrogen-bond donors (Lipinski definition) is 0. The van der Waals surface area contributed by atoms with Crippen LogP contribution in [0.15, 0.2) is 0 Å². The summed E-state index contributed by atoms with van der Waals surface area (Å²) in [5, 5.41) is 0. The maximum atomic E-state index is 11.4. The zero-order chi connectivity index (χ0) is 12.6. The van der Waals surface area contributed by atoms with E-state index in [4.69, 9.17) is 9.47 Å². The van der Waals surface area contributed by atoms with Crippen LogP contribution in [-0.4, -0.2) is 50.8 Å². The summed E-state index contributed by atoms with van der Waals surface area (Å²) in [5.41, 5.74) is 0. The monoisotopic (exact) mass is 231 g/mol. The Bertz CT molecular complexity index is 197. The minimum absolute atomic E-state index is 0.0872. The van der Waals surface area contributed by atoms with E-state index in [1.807, 2.05) is 6.92 Å². The highest BCUT2D eigenvalue weighted by Crippen LogP contribution is 2.08. The van der Waals surface area contributed by atoms with Gasteiger partial charge in [-0.2, -0.15) is 0 Å². The summed E-state index contributed by atoms with van der Waals surface area (Å²) in [6, 6.07) is 0.460. The van der Waals surface area contributed by atoms with Crippen LogP contribution in [0.4, 0.5) is 0 Å². The first-order chi connectivity index (χ1) is 7.56. The Kier molecular flexibility index (Phi) is 8.21. The molecule has 0 aromatic carbocycles. The molecule has 4 nitrogen and oxygen atoms in total. The smallest absolute Gasteiger partial charge is 0.309 e. The summed E-state index contributed by atoms with van der Waals surface area (Å²) in [6.45, 7) is 8.48. The molecule has 0 saturated carbocycles. The summed E-state index contributed by atoms with van der Waals surface area (Å²) >= 11 is 0. The topological polar surface area (TPSA) is 38.8 Å². The van der Waals surface area contributed by atoms with Gasteiger partial charge in [0.05, 0.1) is 19.6 Å². The van der Waals surface area contributed by atoms with Crippen molar-refractivity contribution in [3.05, 3.63) is 0 Å². The summed E-state index contributed by atoms with van der Waals surface area (Å²) in [4.78, 5) is 13.6. The van der Waals surface area contributed by atoms with Crippen LogP contribution in [0, 0.1) is 5.92 Å². The molecule has 0 spiro atoms. The van der Waals surface area contributed by atoms with Gasteiger partial charge in [-0.25, -0.2) is 0 Å². The van der Waals surface area contributed by atoms with Gasteiger partial charge in [-0.15, -0.1) is 0 Å². The van der Waals surface area contributed by atoms with E-state index in [9.17, 15) is 4.79 Å². The normalized spacial score (nSPS) is 14.9. The molecule has 96 valence electrons. The standard InChI is InChI=1S/C12H25NO3/c1-6-11(3)13(7-8-15-4)9-10(2)12(14)16-5/h10-11H,6-9H2,1-5H3. The molecule has 0 amide bonds. The van der Waals surface area contributed by atoms with Crippen molar-refractivity contribution in [2.45, 2.75) is 33.2 Å². The number of esters is 1. The van der Waals surface area contributed by atoms with Crippen LogP contribution in [0.5, 0.6) is 0 Å². The zero-order valence-corrected chi connectivity index (χ0v) is 11.2. The van der Waals surface area contributed by atoms with Gasteiger partial charge in [-0.3, -0.25) is 9.69 Å². The third kappa shape index (κ3) is 5.47. The van der Waals surface area contributed by atoms with E-state index in [-0.39, 0.29) is 11.9 Å². The van der Waals surface area contributed by atoms with Crippen LogP contribution in [0.2, 0.25) is 0 Å². The van der Waals surface area contributed by atoms with Gasteiger partial charge < -0.3 is 9.47 Å². The Morgan fingerprint density at radius 2 is 1.94 bits per heavy atom. The maximum absolute atomic E-state index is 11.4. The summed E-state index contributed by atoms with van der Waals surface area (Å²) in [6.07, 6.45) is 1.07. The van der Waals surface area contributed by atoms with Crippen molar-refractivity contribution >= 4 is 5.97 Å². The number of hydrogen-bond acceptors (Lipinski definition) is 4. The first kappa shape index (κ1) is 15.4. The van der Waals surface area contributed by atoms with Crippen molar-refractivity contribution < 1.29 is 14.3 Å². The van der Waals surface area contributed by atoms with Crippen LogP contribution in [0.1, 0.15) is 27.2 Å². The molecule has 0 heterocycles. The van der Waals surface area contributed by atoms with Gasteiger partial charge in [0.1, 0.15) is 0 Å². The minimum atomic E-state index is -0.147. The van der Waals surface area contributed by atoms with Gasteiger partial charge in [-0.1, -0.05) is 13.8 Å². The Morgan fingerprint density at radius 3 is 2.38 bits per heavy atom. The van der Waals surface area contributed by atoms with Crippen molar-refractivity contribution in [3.8, 4) is 0 Å². The van der Waals surface area contributed by atoms with Crippen molar-refractivity contribution in [2.75, 3.05) is 33.9 Å². The van der Waals surface area contributed by atoms with Gasteiger partial charge in [0, 0.05) is 26.2 Å². The molecule has 2 atom stereocenters. The molecule has 0 radical (unpaired) electrons. The molecule has 16 heavy (non-hydrogen) atoms.